The lowest BCUT2D eigenvalue weighted by atomic mass is 9.82. The zero-order valence-corrected chi connectivity index (χ0v) is 22.5. The van der Waals surface area contributed by atoms with Gasteiger partial charge in [0, 0.05) is 24.2 Å². The van der Waals surface area contributed by atoms with Crippen LogP contribution in [0.3, 0.4) is 0 Å². The standard InChI is InChI=1S/C28H34F3N5O4/c1-15-10-19(7-8-20(15)36-21(38)12-37)35-26(39)22-16(2)34-24-23(22)32-14-33-25(24)27(40-13-17-5-6-17)9-3-4-18(11-27)28(29,30)31/h3-4,11,14-15,17,19-20,34,37H,5-10,12-13H2,1-2H3,(H,35,39)(H,36,38)/t15-,19+,20+,27?/m1/s1. The summed E-state index contributed by atoms with van der Waals surface area (Å²) in [4.78, 5) is 37.0. The number of aliphatic hydroxyl groups is 1. The number of nitrogens with zero attached hydrogens (tertiary/aromatic N) is 2. The Morgan fingerprint density at radius 2 is 1.98 bits per heavy atom. The van der Waals surface area contributed by atoms with Crippen LogP contribution in [0.15, 0.2) is 30.1 Å². The number of fused-ring (bicyclic) bond motifs is 1. The van der Waals surface area contributed by atoms with Gasteiger partial charge in [-0.15, -0.1) is 0 Å². The number of hydrogen-bond acceptors (Lipinski definition) is 6. The summed E-state index contributed by atoms with van der Waals surface area (Å²) in [6, 6.07) is -0.214. The third kappa shape index (κ3) is 5.78. The van der Waals surface area contributed by atoms with E-state index < -0.39 is 29.9 Å². The van der Waals surface area contributed by atoms with Gasteiger partial charge in [0.25, 0.3) is 5.91 Å². The van der Waals surface area contributed by atoms with Crippen molar-refractivity contribution >= 4 is 22.8 Å². The van der Waals surface area contributed by atoms with Gasteiger partial charge in [0.1, 0.15) is 29.7 Å². The second-order valence-corrected chi connectivity index (χ2v) is 11.2. The van der Waals surface area contributed by atoms with Gasteiger partial charge in [-0.1, -0.05) is 19.1 Å². The van der Waals surface area contributed by atoms with Crippen LogP contribution in [-0.4, -0.2) is 63.3 Å². The molecule has 12 heteroatoms. The quantitative estimate of drug-likeness (QED) is 0.389. The van der Waals surface area contributed by atoms with E-state index in [2.05, 4.69) is 25.6 Å². The zero-order chi connectivity index (χ0) is 28.7. The zero-order valence-electron chi connectivity index (χ0n) is 22.5. The molecule has 2 aromatic heterocycles. The number of rotatable bonds is 8. The maximum atomic E-state index is 13.8. The molecule has 0 bridgehead atoms. The minimum Gasteiger partial charge on any atom is -0.387 e. The Hall–Kier alpha value is -3.25. The van der Waals surface area contributed by atoms with Crippen LogP contribution in [-0.2, 0) is 15.1 Å². The maximum absolute atomic E-state index is 13.8. The van der Waals surface area contributed by atoms with Crippen molar-refractivity contribution in [2.75, 3.05) is 13.2 Å². The average molecular weight is 562 g/mol. The van der Waals surface area contributed by atoms with Crippen LogP contribution in [0.1, 0.15) is 67.2 Å². The smallest absolute Gasteiger partial charge is 0.387 e. The van der Waals surface area contributed by atoms with Crippen molar-refractivity contribution in [1.29, 1.82) is 0 Å². The molecule has 1 unspecified atom stereocenters. The third-order valence-corrected chi connectivity index (χ3v) is 8.10. The Morgan fingerprint density at radius 3 is 2.65 bits per heavy atom. The number of allylic oxidation sites excluding steroid dienone is 2. The second kappa shape index (κ2) is 11.0. The Bertz CT molecular complexity index is 1350. The molecule has 9 nitrogen and oxygen atoms in total. The number of carbonyl (C=O) groups is 2. The van der Waals surface area contributed by atoms with Gasteiger partial charge in [-0.3, -0.25) is 9.59 Å². The van der Waals surface area contributed by atoms with Crippen molar-refractivity contribution in [3.05, 3.63) is 47.1 Å². The van der Waals surface area contributed by atoms with Crippen molar-refractivity contribution in [2.45, 2.75) is 76.2 Å². The molecule has 0 aliphatic heterocycles. The Balaban J connectivity index is 1.43. The highest BCUT2D eigenvalue weighted by Gasteiger charge is 2.43. The molecule has 0 radical (unpaired) electrons. The summed E-state index contributed by atoms with van der Waals surface area (Å²) in [5, 5.41) is 14.9. The Morgan fingerprint density at radius 1 is 1.20 bits per heavy atom. The predicted molar refractivity (Wildman–Crippen MR) is 140 cm³/mol. The number of aryl methyl sites for hydroxylation is 1. The predicted octanol–water partition coefficient (Wildman–Crippen LogP) is 3.73. The first-order valence-corrected chi connectivity index (χ1v) is 13.7. The highest BCUT2D eigenvalue weighted by atomic mass is 19.4. The lowest BCUT2D eigenvalue weighted by Crippen LogP contribution is -2.48. The molecule has 2 fully saturated rings. The van der Waals surface area contributed by atoms with E-state index in [0.717, 1.165) is 25.0 Å². The van der Waals surface area contributed by atoms with Gasteiger partial charge in [-0.25, -0.2) is 9.97 Å². The number of nitrogens with one attached hydrogen (secondary N) is 3. The van der Waals surface area contributed by atoms with E-state index >= 15 is 0 Å². The largest absolute Gasteiger partial charge is 0.416 e. The monoisotopic (exact) mass is 561 g/mol. The summed E-state index contributed by atoms with van der Waals surface area (Å²) in [7, 11) is 0. The lowest BCUT2D eigenvalue weighted by Gasteiger charge is -2.35. The summed E-state index contributed by atoms with van der Waals surface area (Å²) in [6.45, 7) is 3.45. The second-order valence-electron chi connectivity index (χ2n) is 11.2. The van der Waals surface area contributed by atoms with Crippen LogP contribution in [0.4, 0.5) is 13.2 Å². The third-order valence-electron chi connectivity index (χ3n) is 8.10. The summed E-state index contributed by atoms with van der Waals surface area (Å²) >= 11 is 0. The fraction of sp³-hybridized carbons (Fsp3) is 0.571. The number of H-pyrrole nitrogens is 1. The molecule has 0 aromatic carbocycles. The van der Waals surface area contributed by atoms with E-state index in [-0.39, 0.29) is 36.0 Å². The molecule has 0 spiro atoms. The van der Waals surface area contributed by atoms with Gasteiger partial charge < -0.3 is 25.5 Å². The first-order chi connectivity index (χ1) is 19.0. The molecular formula is C28H34F3N5O4. The van der Waals surface area contributed by atoms with E-state index in [4.69, 9.17) is 9.84 Å². The van der Waals surface area contributed by atoms with Crippen molar-refractivity contribution in [2.24, 2.45) is 11.8 Å². The number of carbonyl (C=O) groups excluding carboxylic acids is 2. The van der Waals surface area contributed by atoms with Gasteiger partial charge >= 0.3 is 6.18 Å². The van der Waals surface area contributed by atoms with Crippen molar-refractivity contribution in [3.63, 3.8) is 0 Å². The van der Waals surface area contributed by atoms with Gasteiger partial charge in [0.05, 0.1) is 23.3 Å². The van der Waals surface area contributed by atoms with E-state index in [1.807, 2.05) is 6.92 Å². The van der Waals surface area contributed by atoms with Crippen LogP contribution in [0.2, 0.25) is 0 Å². The molecule has 216 valence electrons. The first kappa shape index (κ1) is 28.3. The molecular weight excluding hydrogens is 527 g/mol. The molecule has 5 rings (SSSR count). The van der Waals surface area contributed by atoms with Crippen LogP contribution >= 0.6 is 0 Å². The highest BCUT2D eigenvalue weighted by molar-refractivity contribution is 6.07. The van der Waals surface area contributed by atoms with Gasteiger partial charge in [0.2, 0.25) is 5.91 Å². The average Bonchev–Trinajstić information content (AvgIpc) is 3.68. The molecule has 3 aliphatic rings. The van der Waals surface area contributed by atoms with Crippen LogP contribution < -0.4 is 10.6 Å². The molecule has 2 amide bonds. The molecule has 40 heavy (non-hydrogen) atoms. The normalized spacial score (nSPS) is 26.9. The van der Waals surface area contributed by atoms with Gasteiger partial charge in [-0.2, -0.15) is 13.2 Å². The van der Waals surface area contributed by atoms with Gasteiger partial charge in [-0.05, 0) is 56.9 Å². The van der Waals surface area contributed by atoms with Crippen LogP contribution in [0, 0.1) is 18.8 Å². The van der Waals surface area contributed by atoms with Crippen molar-refractivity contribution in [1.82, 2.24) is 25.6 Å². The number of amides is 2. The Labute approximate surface area is 229 Å². The lowest BCUT2D eigenvalue weighted by molar-refractivity contribution is -0.125. The number of aromatic nitrogens is 3. The first-order valence-electron chi connectivity index (χ1n) is 13.7. The molecule has 2 saturated carbocycles. The number of halogens is 3. The van der Waals surface area contributed by atoms with Crippen LogP contribution in [0.25, 0.3) is 11.0 Å². The van der Waals surface area contributed by atoms with E-state index in [9.17, 15) is 22.8 Å². The summed E-state index contributed by atoms with van der Waals surface area (Å²) in [5.74, 6) is -0.366. The van der Waals surface area contributed by atoms with E-state index in [1.54, 1.807) is 6.92 Å². The minimum atomic E-state index is -4.55. The number of ether oxygens (including phenoxy) is 1. The highest BCUT2D eigenvalue weighted by Crippen LogP contribution is 2.43. The topological polar surface area (TPSA) is 129 Å². The van der Waals surface area contributed by atoms with E-state index in [1.165, 1.54) is 12.4 Å². The fourth-order valence-electron chi connectivity index (χ4n) is 5.75. The number of aliphatic hydroxyl groups excluding tert-OH is 1. The van der Waals surface area contributed by atoms with E-state index in [0.29, 0.717) is 54.1 Å². The summed E-state index contributed by atoms with van der Waals surface area (Å²) < 4.78 is 47.5. The molecule has 2 heterocycles. The SMILES string of the molecule is Cc1[nH]c2c(C3(OCC4CC4)C=C(C(F)(F)F)C=CC3)ncnc2c1C(=O)N[C@H]1CC[C@H](NC(=O)CO)[C@H](C)C1. The molecule has 4 N–H and O–H groups in total. The number of hydrogen-bond donors (Lipinski definition) is 4. The van der Waals surface area contributed by atoms with Crippen LogP contribution in [0.5, 0.6) is 0 Å². The number of aromatic amines is 1. The molecule has 0 saturated heterocycles. The summed E-state index contributed by atoms with van der Waals surface area (Å²) in [5.41, 5.74) is -0.467. The molecule has 3 aliphatic carbocycles. The fourth-order valence-corrected chi connectivity index (χ4v) is 5.75. The number of alkyl halides is 3. The minimum absolute atomic E-state index is 0.0797. The maximum Gasteiger partial charge on any atom is 0.416 e. The van der Waals surface area contributed by atoms with Crippen molar-refractivity contribution < 1.29 is 32.6 Å². The molecule has 2 aromatic rings. The Kier molecular flexibility index (Phi) is 7.75. The van der Waals surface area contributed by atoms with Crippen molar-refractivity contribution in [3.8, 4) is 0 Å². The van der Waals surface area contributed by atoms with Gasteiger partial charge in [0.15, 0.2) is 0 Å². The summed E-state index contributed by atoms with van der Waals surface area (Å²) in [6.07, 6.45) is 4.37. The molecule has 4 atom stereocenters.